The molecule has 0 spiro atoms. The molecule has 0 bridgehead atoms. The van der Waals surface area contributed by atoms with Crippen molar-refractivity contribution in [3.8, 4) is 11.1 Å². The summed E-state index contributed by atoms with van der Waals surface area (Å²) in [6.45, 7) is 0. The molecule has 1 aromatic carbocycles. The largest absolute Gasteiger partial charge is 0.264 e. The third kappa shape index (κ3) is 1.73. The van der Waals surface area contributed by atoms with Gasteiger partial charge in [0, 0.05) is 18.8 Å². The molecule has 2 aromatic rings. The topological polar surface area (TPSA) is 12.9 Å². The Kier molecular flexibility index (Phi) is 2.45. The summed E-state index contributed by atoms with van der Waals surface area (Å²) in [7, 11) is 0. The van der Waals surface area contributed by atoms with Gasteiger partial charge in [0.25, 0.3) is 0 Å². The van der Waals surface area contributed by atoms with Gasteiger partial charge >= 0.3 is 0 Å². The smallest absolute Gasteiger partial charge is 0.0346 e. The van der Waals surface area contributed by atoms with Crippen molar-refractivity contribution in [1.82, 2.24) is 4.98 Å². The average Bonchev–Trinajstić information content (AvgIpc) is 2.39. The maximum Gasteiger partial charge on any atom is 0.0346 e. The number of hydrogen-bond donors (Lipinski definition) is 0. The monoisotopic (exact) mass is 207 g/mol. The maximum absolute atomic E-state index is 4.15. The molecule has 1 nitrogen and oxygen atoms in total. The molecule has 1 heterocycles. The van der Waals surface area contributed by atoms with Crippen molar-refractivity contribution in [3.63, 3.8) is 0 Å². The zero-order valence-electron chi connectivity index (χ0n) is 9.11. The molecule has 1 heteroatoms. The Morgan fingerprint density at radius 1 is 1.12 bits per heavy atom. The fourth-order valence-corrected chi connectivity index (χ4v) is 2.17. The number of hydrogen-bond acceptors (Lipinski definition) is 1. The van der Waals surface area contributed by atoms with Crippen LogP contribution in [0.5, 0.6) is 0 Å². The molecule has 1 aliphatic carbocycles. The van der Waals surface area contributed by atoms with Crippen molar-refractivity contribution < 1.29 is 0 Å². The molecule has 0 saturated carbocycles. The molecule has 3 rings (SSSR count). The number of fused-ring (bicyclic) bond motifs is 1. The van der Waals surface area contributed by atoms with Crippen LogP contribution in [0.3, 0.4) is 0 Å². The van der Waals surface area contributed by atoms with Crippen LogP contribution in [-0.4, -0.2) is 4.98 Å². The van der Waals surface area contributed by atoms with Crippen molar-refractivity contribution in [2.75, 3.05) is 0 Å². The van der Waals surface area contributed by atoms with E-state index in [0.29, 0.717) is 0 Å². The van der Waals surface area contributed by atoms with Crippen molar-refractivity contribution in [2.45, 2.75) is 19.3 Å². The van der Waals surface area contributed by atoms with E-state index in [9.17, 15) is 0 Å². The van der Waals surface area contributed by atoms with E-state index in [1.165, 1.54) is 35.1 Å². The van der Waals surface area contributed by atoms with E-state index in [4.69, 9.17) is 0 Å². The van der Waals surface area contributed by atoms with E-state index in [1.807, 2.05) is 12.3 Å². The molecule has 16 heavy (non-hydrogen) atoms. The highest BCUT2D eigenvalue weighted by molar-refractivity contribution is 5.64. The Labute approximate surface area is 96.2 Å². The van der Waals surface area contributed by atoms with Crippen LogP contribution >= 0.6 is 0 Å². The van der Waals surface area contributed by atoms with Gasteiger partial charge in [-0.2, -0.15) is 0 Å². The summed E-state index contributed by atoms with van der Waals surface area (Å²) in [4.78, 5) is 4.15. The minimum atomic E-state index is 1.09. The lowest BCUT2D eigenvalue weighted by Gasteiger charge is -2.15. The fourth-order valence-electron chi connectivity index (χ4n) is 2.17. The molecular weight excluding hydrogens is 194 g/mol. The van der Waals surface area contributed by atoms with E-state index in [0.717, 1.165) is 6.42 Å². The van der Waals surface area contributed by atoms with Gasteiger partial charge in [-0.05, 0) is 47.6 Å². The lowest BCUT2D eigenvalue weighted by molar-refractivity contribution is 0.775. The van der Waals surface area contributed by atoms with Gasteiger partial charge in [0.1, 0.15) is 0 Å². The highest BCUT2D eigenvalue weighted by atomic mass is 14.6. The van der Waals surface area contributed by atoms with Crippen molar-refractivity contribution >= 4 is 0 Å². The minimum absolute atomic E-state index is 1.09. The first-order chi connectivity index (χ1) is 7.93. The van der Waals surface area contributed by atoms with Gasteiger partial charge in [0.15, 0.2) is 0 Å². The number of aryl methyl sites for hydroxylation is 1. The molecule has 0 amide bonds. The van der Waals surface area contributed by atoms with Gasteiger partial charge in [-0.3, -0.25) is 4.98 Å². The number of nitrogens with zero attached hydrogens (tertiary/aromatic N) is 1. The predicted molar refractivity (Wildman–Crippen MR) is 65.0 cm³/mol. The second-order valence-electron chi connectivity index (χ2n) is 4.14. The minimum Gasteiger partial charge on any atom is -0.264 e. The molecule has 2 radical (unpaired) electrons. The highest BCUT2D eigenvalue weighted by Gasteiger charge is 2.10. The summed E-state index contributed by atoms with van der Waals surface area (Å²) in [5.41, 5.74) is 5.13. The van der Waals surface area contributed by atoms with E-state index in [2.05, 4.69) is 35.7 Å². The molecule has 0 N–H and O–H groups in total. The number of pyridine rings is 1. The van der Waals surface area contributed by atoms with Crippen LogP contribution in [0.25, 0.3) is 11.1 Å². The molecule has 0 saturated heterocycles. The Morgan fingerprint density at radius 2 is 2.12 bits per heavy atom. The first kappa shape index (κ1) is 9.59. The summed E-state index contributed by atoms with van der Waals surface area (Å²) in [5.74, 6) is 0. The number of benzene rings is 1. The molecule has 0 atom stereocenters. The van der Waals surface area contributed by atoms with Crippen molar-refractivity contribution in [2.24, 2.45) is 0 Å². The SMILES string of the molecule is [C]1CCCc2ccc(-c3cccnc3)cc21. The van der Waals surface area contributed by atoms with Crippen LogP contribution in [0.2, 0.25) is 0 Å². The Balaban J connectivity index is 2.03. The lowest BCUT2D eigenvalue weighted by atomic mass is 9.89. The summed E-state index contributed by atoms with van der Waals surface area (Å²) >= 11 is 0. The fraction of sp³-hybridized carbons (Fsp3) is 0.200. The molecule has 0 aliphatic heterocycles. The van der Waals surface area contributed by atoms with Crippen LogP contribution in [-0.2, 0) is 6.42 Å². The van der Waals surface area contributed by atoms with E-state index < -0.39 is 0 Å². The van der Waals surface area contributed by atoms with Crippen molar-refractivity contribution in [1.29, 1.82) is 0 Å². The molecule has 1 aliphatic rings. The third-order valence-corrected chi connectivity index (χ3v) is 3.04. The highest BCUT2D eigenvalue weighted by Crippen LogP contribution is 2.27. The third-order valence-electron chi connectivity index (χ3n) is 3.04. The Morgan fingerprint density at radius 3 is 3.00 bits per heavy atom. The van der Waals surface area contributed by atoms with Gasteiger partial charge in [0.2, 0.25) is 0 Å². The molecule has 0 unspecified atom stereocenters. The Bertz CT molecular complexity index is 488. The van der Waals surface area contributed by atoms with Gasteiger partial charge in [-0.1, -0.05) is 24.3 Å². The predicted octanol–water partition coefficient (Wildman–Crippen LogP) is 3.51. The van der Waals surface area contributed by atoms with E-state index in [-0.39, 0.29) is 0 Å². The standard InChI is InChI=1S/C15H13N/c1-2-5-13-10-14(8-7-12(13)4-1)15-6-3-9-16-11-15/h3,6-11H,1-2,4H2. The van der Waals surface area contributed by atoms with E-state index >= 15 is 0 Å². The number of rotatable bonds is 1. The zero-order chi connectivity index (χ0) is 10.8. The zero-order valence-corrected chi connectivity index (χ0v) is 9.11. The normalized spacial score (nSPS) is 14.5. The average molecular weight is 207 g/mol. The first-order valence-corrected chi connectivity index (χ1v) is 5.71. The van der Waals surface area contributed by atoms with Crippen LogP contribution in [0.15, 0.2) is 42.7 Å². The van der Waals surface area contributed by atoms with Crippen LogP contribution in [0.4, 0.5) is 0 Å². The number of aromatic nitrogens is 1. The summed E-state index contributed by atoms with van der Waals surface area (Å²) in [6.07, 6.45) is 10.7. The quantitative estimate of drug-likeness (QED) is 0.697. The molecule has 0 fully saturated rings. The summed E-state index contributed by atoms with van der Waals surface area (Å²) in [5, 5.41) is 0. The molecular formula is C15H13N. The Hall–Kier alpha value is -1.63. The lowest BCUT2D eigenvalue weighted by Crippen LogP contribution is -2.00. The van der Waals surface area contributed by atoms with Crippen LogP contribution < -0.4 is 0 Å². The van der Waals surface area contributed by atoms with Gasteiger partial charge in [-0.15, -0.1) is 0 Å². The van der Waals surface area contributed by atoms with Gasteiger partial charge in [-0.25, -0.2) is 0 Å². The second-order valence-corrected chi connectivity index (χ2v) is 4.14. The maximum atomic E-state index is 4.15. The van der Waals surface area contributed by atoms with Crippen LogP contribution in [0.1, 0.15) is 24.0 Å². The van der Waals surface area contributed by atoms with Gasteiger partial charge in [0.05, 0.1) is 0 Å². The summed E-state index contributed by atoms with van der Waals surface area (Å²) in [6, 6.07) is 10.7. The first-order valence-electron chi connectivity index (χ1n) is 5.71. The van der Waals surface area contributed by atoms with Crippen LogP contribution in [0, 0.1) is 6.42 Å². The van der Waals surface area contributed by atoms with E-state index in [1.54, 1.807) is 6.20 Å². The van der Waals surface area contributed by atoms with Crippen molar-refractivity contribution in [3.05, 3.63) is 60.3 Å². The molecule has 78 valence electrons. The van der Waals surface area contributed by atoms with Gasteiger partial charge < -0.3 is 0 Å². The summed E-state index contributed by atoms with van der Waals surface area (Å²) < 4.78 is 0. The second kappa shape index (κ2) is 4.09. The molecule has 1 aromatic heterocycles.